The SMILES string of the molecule is CCCCCC[Si](CCCCCC)c1cc(-c2c(OC)cccc2OC(C)C)sc1-c1ccc(-c2c(OC)cccc2OC(C)C)s1. The van der Waals surface area contributed by atoms with Crippen LogP contribution in [0.25, 0.3) is 30.6 Å². The van der Waals surface area contributed by atoms with E-state index >= 15 is 0 Å². The van der Waals surface area contributed by atoms with E-state index < -0.39 is 8.80 Å². The van der Waals surface area contributed by atoms with Crippen LogP contribution < -0.4 is 24.1 Å². The summed E-state index contributed by atoms with van der Waals surface area (Å²) in [6, 6.07) is 22.0. The molecule has 4 aromatic rings. The fourth-order valence-corrected chi connectivity index (χ4v) is 12.1. The number of benzene rings is 2. The molecule has 255 valence electrons. The molecule has 0 amide bonds. The van der Waals surface area contributed by atoms with Gasteiger partial charge < -0.3 is 18.9 Å². The van der Waals surface area contributed by atoms with Crippen molar-refractivity contribution in [3.8, 4) is 53.6 Å². The van der Waals surface area contributed by atoms with Crippen LogP contribution in [0, 0.1) is 0 Å². The second kappa shape index (κ2) is 18.7. The molecule has 0 bridgehead atoms. The highest BCUT2D eigenvalue weighted by atomic mass is 32.1. The Kier molecular flexibility index (Phi) is 14.8. The van der Waals surface area contributed by atoms with E-state index in [4.69, 9.17) is 18.9 Å². The van der Waals surface area contributed by atoms with Gasteiger partial charge in [-0.25, -0.2) is 0 Å². The summed E-state index contributed by atoms with van der Waals surface area (Å²) in [7, 11) is 2.70. The molecule has 7 heteroatoms. The molecule has 47 heavy (non-hydrogen) atoms. The van der Waals surface area contributed by atoms with Gasteiger partial charge in [0.05, 0.1) is 46.4 Å². The second-order valence-corrected chi connectivity index (χ2v) is 17.6. The highest BCUT2D eigenvalue weighted by Crippen LogP contribution is 2.48. The van der Waals surface area contributed by atoms with E-state index in [9.17, 15) is 0 Å². The maximum absolute atomic E-state index is 6.38. The van der Waals surface area contributed by atoms with Crippen LogP contribution in [0.2, 0.25) is 12.1 Å². The van der Waals surface area contributed by atoms with E-state index in [1.807, 2.05) is 40.9 Å². The average molecular weight is 692 g/mol. The van der Waals surface area contributed by atoms with Crippen LogP contribution in [0.15, 0.2) is 54.6 Å². The molecule has 2 aromatic carbocycles. The van der Waals surface area contributed by atoms with E-state index in [-0.39, 0.29) is 12.2 Å². The first-order valence-corrected chi connectivity index (χ1v) is 21.1. The number of unbranched alkanes of at least 4 members (excludes halogenated alkanes) is 6. The first-order chi connectivity index (χ1) is 22.8. The van der Waals surface area contributed by atoms with Gasteiger partial charge >= 0.3 is 0 Å². The topological polar surface area (TPSA) is 36.9 Å². The van der Waals surface area contributed by atoms with Crippen LogP contribution in [0.5, 0.6) is 23.0 Å². The average Bonchev–Trinajstić information content (AvgIpc) is 3.71. The lowest BCUT2D eigenvalue weighted by molar-refractivity contribution is 0.242. The monoisotopic (exact) mass is 691 g/mol. The van der Waals surface area contributed by atoms with Gasteiger partial charge in [-0.05, 0) is 75.3 Å². The second-order valence-electron chi connectivity index (χ2n) is 12.7. The lowest BCUT2D eigenvalue weighted by atomic mass is 10.1. The number of ether oxygens (including phenoxy) is 4. The molecule has 0 atom stereocenters. The molecular formula is C40H55O4S2Si. The van der Waals surface area contributed by atoms with Crippen molar-refractivity contribution >= 4 is 36.7 Å². The largest absolute Gasteiger partial charge is 0.496 e. The maximum Gasteiger partial charge on any atom is 0.132 e. The van der Waals surface area contributed by atoms with Gasteiger partial charge in [-0.1, -0.05) is 89.4 Å². The minimum Gasteiger partial charge on any atom is -0.496 e. The summed E-state index contributed by atoms with van der Waals surface area (Å²) >= 11 is 3.74. The Morgan fingerprint density at radius 1 is 0.574 bits per heavy atom. The van der Waals surface area contributed by atoms with Crippen LogP contribution in [0.3, 0.4) is 0 Å². The Bertz CT molecular complexity index is 1510. The van der Waals surface area contributed by atoms with E-state index in [0.29, 0.717) is 0 Å². The molecule has 2 heterocycles. The van der Waals surface area contributed by atoms with Gasteiger partial charge in [-0.15, -0.1) is 22.7 Å². The zero-order valence-corrected chi connectivity index (χ0v) is 32.5. The van der Waals surface area contributed by atoms with Crippen molar-refractivity contribution in [2.24, 2.45) is 0 Å². The normalized spacial score (nSPS) is 11.6. The number of rotatable bonds is 20. The van der Waals surface area contributed by atoms with E-state index in [0.717, 1.165) is 39.0 Å². The van der Waals surface area contributed by atoms with E-state index in [1.165, 1.54) is 78.1 Å². The molecule has 1 radical (unpaired) electrons. The molecule has 0 aliphatic carbocycles. The van der Waals surface area contributed by atoms with Gasteiger partial charge in [-0.2, -0.15) is 0 Å². The lowest BCUT2D eigenvalue weighted by Gasteiger charge is -2.17. The number of hydrogen-bond acceptors (Lipinski definition) is 6. The van der Waals surface area contributed by atoms with Gasteiger partial charge in [-0.3, -0.25) is 0 Å². The molecule has 0 fully saturated rings. The third kappa shape index (κ3) is 9.90. The van der Waals surface area contributed by atoms with Gasteiger partial charge in [0.15, 0.2) is 0 Å². The quantitative estimate of drug-likeness (QED) is 0.0683. The fourth-order valence-electron chi connectivity index (χ4n) is 6.03. The molecule has 2 aromatic heterocycles. The number of hydrogen-bond donors (Lipinski definition) is 0. The first kappa shape index (κ1) is 37.1. The summed E-state index contributed by atoms with van der Waals surface area (Å²) in [5.41, 5.74) is 2.09. The Morgan fingerprint density at radius 2 is 1.06 bits per heavy atom. The van der Waals surface area contributed by atoms with Crippen LogP contribution in [0.4, 0.5) is 0 Å². The maximum atomic E-state index is 6.38. The van der Waals surface area contributed by atoms with Gasteiger partial charge in [0.2, 0.25) is 0 Å². The lowest BCUT2D eigenvalue weighted by Crippen LogP contribution is -2.29. The summed E-state index contributed by atoms with van der Waals surface area (Å²) < 4.78 is 24.5. The predicted molar refractivity (Wildman–Crippen MR) is 206 cm³/mol. The summed E-state index contributed by atoms with van der Waals surface area (Å²) in [5, 5.41) is 1.57. The van der Waals surface area contributed by atoms with Gasteiger partial charge in [0.25, 0.3) is 0 Å². The number of thiophene rings is 2. The van der Waals surface area contributed by atoms with Crippen molar-refractivity contribution in [2.75, 3.05) is 14.2 Å². The zero-order valence-electron chi connectivity index (χ0n) is 29.9. The third-order valence-electron chi connectivity index (χ3n) is 8.24. The van der Waals surface area contributed by atoms with Crippen molar-refractivity contribution in [3.63, 3.8) is 0 Å². The summed E-state index contributed by atoms with van der Waals surface area (Å²) in [6.45, 7) is 12.9. The molecule has 0 saturated carbocycles. The standard InChI is InChI=1S/C40H55O4S2Si/c1-9-11-13-15-25-47(26-16-14-12-10-2)37-27-36(39-31(42-8)20-18-22-33(39)44-29(5)6)46-40(37)35-24-23-34(45-35)38-30(41-7)19-17-21-32(38)43-28(3)4/h17-24,27-29H,9-16,25-26H2,1-8H3. The van der Waals surface area contributed by atoms with Gasteiger partial charge in [0.1, 0.15) is 23.0 Å². The number of methoxy groups -OCH3 is 2. The molecule has 4 nitrogen and oxygen atoms in total. The highest BCUT2D eigenvalue weighted by Gasteiger charge is 2.26. The Morgan fingerprint density at radius 3 is 1.55 bits per heavy atom. The minimum absolute atomic E-state index is 0.0690. The zero-order chi connectivity index (χ0) is 33.8. The molecule has 0 unspecified atom stereocenters. The molecule has 0 saturated heterocycles. The minimum atomic E-state index is -0.806. The Hall–Kier alpha value is -2.74. The van der Waals surface area contributed by atoms with Gasteiger partial charge in [0, 0.05) is 19.5 Å². The van der Waals surface area contributed by atoms with E-state index in [2.05, 4.69) is 77.9 Å². The van der Waals surface area contributed by atoms with Crippen molar-refractivity contribution in [1.29, 1.82) is 0 Å². The highest BCUT2D eigenvalue weighted by molar-refractivity contribution is 7.26. The predicted octanol–water partition coefficient (Wildman–Crippen LogP) is 12.3. The van der Waals surface area contributed by atoms with Crippen LogP contribution in [0.1, 0.15) is 92.9 Å². The van der Waals surface area contributed by atoms with E-state index in [1.54, 1.807) is 19.4 Å². The molecule has 0 aliphatic heterocycles. The fraction of sp³-hybridized carbons (Fsp3) is 0.500. The summed E-state index contributed by atoms with van der Waals surface area (Å²) in [4.78, 5) is 5.09. The van der Waals surface area contributed by atoms with Crippen LogP contribution in [-0.4, -0.2) is 35.2 Å². The molecule has 0 aliphatic rings. The summed E-state index contributed by atoms with van der Waals surface area (Å²) in [6.07, 6.45) is 10.6. The van der Waals surface area contributed by atoms with Crippen LogP contribution >= 0.6 is 22.7 Å². The first-order valence-electron chi connectivity index (χ1n) is 17.6. The van der Waals surface area contributed by atoms with Crippen molar-refractivity contribution in [1.82, 2.24) is 0 Å². The van der Waals surface area contributed by atoms with Crippen molar-refractivity contribution in [2.45, 2.75) is 117 Å². The van der Waals surface area contributed by atoms with Crippen molar-refractivity contribution < 1.29 is 18.9 Å². The molecule has 0 spiro atoms. The smallest absolute Gasteiger partial charge is 0.132 e. The van der Waals surface area contributed by atoms with Crippen LogP contribution in [-0.2, 0) is 0 Å². The Balaban J connectivity index is 1.87. The third-order valence-corrected chi connectivity index (χ3v) is 13.9. The Labute approximate surface area is 294 Å². The van der Waals surface area contributed by atoms with Crippen molar-refractivity contribution in [3.05, 3.63) is 54.6 Å². The molecule has 4 rings (SSSR count). The molecule has 0 N–H and O–H groups in total. The summed E-state index contributed by atoms with van der Waals surface area (Å²) in [5.74, 6) is 3.44. The molecular weight excluding hydrogens is 637 g/mol.